The van der Waals surface area contributed by atoms with E-state index < -0.39 is 0 Å². The molecule has 0 heterocycles. The van der Waals surface area contributed by atoms with Gasteiger partial charge < -0.3 is 10.1 Å². The third kappa shape index (κ3) is 3.60. The normalized spacial score (nSPS) is 24.5. The van der Waals surface area contributed by atoms with Gasteiger partial charge in [0, 0.05) is 6.04 Å². The van der Waals surface area contributed by atoms with Gasteiger partial charge in [-0.05, 0) is 54.8 Å². The summed E-state index contributed by atoms with van der Waals surface area (Å²) in [4.78, 5) is 0. The standard InChI is InChI=1S/C19H31NO/c1-7-20-18-16(10-11-19(18,5)6)21-17-12-15(13(2)3)9-8-14(17)4/h8-9,12-13,16,18,20H,7,10-11H2,1-6H3. The lowest BCUT2D eigenvalue weighted by molar-refractivity contribution is 0.140. The molecule has 2 rings (SSSR count). The Hall–Kier alpha value is -1.02. The molecule has 21 heavy (non-hydrogen) atoms. The second-order valence-electron chi connectivity index (χ2n) is 7.40. The fourth-order valence-corrected chi connectivity index (χ4v) is 3.36. The van der Waals surface area contributed by atoms with Crippen LogP contribution in [0.15, 0.2) is 18.2 Å². The first-order valence-electron chi connectivity index (χ1n) is 8.35. The van der Waals surface area contributed by atoms with E-state index in [2.05, 4.69) is 65.1 Å². The molecule has 1 aliphatic carbocycles. The lowest BCUT2D eigenvalue weighted by atomic mass is 9.87. The first-order valence-corrected chi connectivity index (χ1v) is 8.35. The van der Waals surface area contributed by atoms with Crippen molar-refractivity contribution in [1.82, 2.24) is 5.32 Å². The summed E-state index contributed by atoms with van der Waals surface area (Å²) in [6.07, 6.45) is 2.63. The van der Waals surface area contributed by atoms with Gasteiger partial charge in [0.25, 0.3) is 0 Å². The summed E-state index contributed by atoms with van der Waals surface area (Å²) < 4.78 is 6.44. The number of nitrogens with one attached hydrogen (secondary N) is 1. The maximum atomic E-state index is 6.44. The van der Waals surface area contributed by atoms with E-state index in [-0.39, 0.29) is 6.10 Å². The molecule has 0 aromatic heterocycles. The van der Waals surface area contributed by atoms with E-state index in [9.17, 15) is 0 Å². The first kappa shape index (κ1) is 16.4. The van der Waals surface area contributed by atoms with Crippen LogP contribution in [0.2, 0.25) is 0 Å². The van der Waals surface area contributed by atoms with Gasteiger partial charge in [-0.3, -0.25) is 0 Å². The zero-order chi connectivity index (χ0) is 15.6. The predicted molar refractivity (Wildman–Crippen MR) is 90.2 cm³/mol. The molecule has 1 aromatic carbocycles. The molecule has 2 unspecified atom stereocenters. The van der Waals surface area contributed by atoms with Crippen molar-refractivity contribution < 1.29 is 4.74 Å². The van der Waals surface area contributed by atoms with Gasteiger partial charge in [-0.1, -0.05) is 46.8 Å². The van der Waals surface area contributed by atoms with Crippen LogP contribution in [0.3, 0.4) is 0 Å². The number of hydrogen-bond acceptors (Lipinski definition) is 2. The second kappa shape index (κ2) is 6.39. The second-order valence-corrected chi connectivity index (χ2v) is 7.40. The minimum absolute atomic E-state index is 0.279. The highest BCUT2D eigenvalue weighted by molar-refractivity contribution is 5.38. The van der Waals surface area contributed by atoms with E-state index in [0.29, 0.717) is 17.4 Å². The maximum Gasteiger partial charge on any atom is 0.122 e. The number of benzene rings is 1. The van der Waals surface area contributed by atoms with E-state index in [4.69, 9.17) is 4.74 Å². The monoisotopic (exact) mass is 289 g/mol. The summed E-state index contributed by atoms with van der Waals surface area (Å²) in [5.41, 5.74) is 2.90. The Balaban J connectivity index is 2.19. The lowest BCUT2D eigenvalue weighted by Gasteiger charge is -2.31. The van der Waals surface area contributed by atoms with Crippen LogP contribution in [-0.2, 0) is 0 Å². The largest absolute Gasteiger partial charge is 0.489 e. The summed E-state index contributed by atoms with van der Waals surface area (Å²) in [5.74, 6) is 1.60. The molecule has 2 heteroatoms. The van der Waals surface area contributed by atoms with Crippen LogP contribution >= 0.6 is 0 Å². The van der Waals surface area contributed by atoms with E-state index in [1.54, 1.807) is 0 Å². The molecule has 2 nitrogen and oxygen atoms in total. The third-order valence-corrected chi connectivity index (χ3v) is 4.87. The van der Waals surface area contributed by atoms with Gasteiger partial charge in [0.15, 0.2) is 0 Å². The molecule has 0 aliphatic heterocycles. The zero-order valence-electron chi connectivity index (χ0n) is 14.5. The predicted octanol–water partition coefficient (Wildman–Crippen LogP) is 4.66. The van der Waals surface area contributed by atoms with Crippen molar-refractivity contribution in [3.8, 4) is 5.75 Å². The minimum Gasteiger partial charge on any atom is -0.489 e. The maximum absolute atomic E-state index is 6.44. The first-order chi connectivity index (χ1) is 9.85. The molecule has 2 atom stereocenters. The summed E-state index contributed by atoms with van der Waals surface area (Å²) in [6.45, 7) is 14.5. The number of rotatable bonds is 5. The number of likely N-dealkylation sites (N-methyl/N-ethyl adjacent to an activating group) is 1. The van der Waals surface area contributed by atoms with Crippen molar-refractivity contribution in [2.45, 2.75) is 72.4 Å². The quantitative estimate of drug-likeness (QED) is 0.851. The molecule has 0 saturated heterocycles. The van der Waals surface area contributed by atoms with Crippen molar-refractivity contribution in [3.05, 3.63) is 29.3 Å². The highest BCUT2D eigenvalue weighted by Gasteiger charge is 2.42. The van der Waals surface area contributed by atoms with Crippen LogP contribution in [0.25, 0.3) is 0 Å². The summed E-state index contributed by atoms with van der Waals surface area (Å²) in [6, 6.07) is 7.07. The molecule has 0 spiro atoms. The van der Waals surface area contributed by atoms with Crippen LogP contribution < -0.4 is 10.1 Å². The van der Waals surface area contributed by atoms with E-state index in [0.717, 1.165) is 18.7 Å². The molecule has 1 fully saturated rings. The molecule has 1 saturated carbocycles. The minimum atomic E-state index is 0.279. The van der Waals surface area contributed by atoms with Crippen LogP contribution in [0.4, 0.5) is 0 Å². The highest BCUT2D eigenvalue weighted by atomic mass is 16.5. The Labute approximate surface area is 130 Å². The molecular formula is C19H31NO. The molecule has 1 aromatic rings. The van der Waals surface area contributed by atoms with Crippen molar-refractivity contribution in [1.29, 1.82) is 0 Å². The highest BCUT2D eigenvalue weighted by Crippen LogP contribution is 2.40. The number of hydrogen-bond donors (Lipinski definition) is 1. The molecule has 1 N–H and O–H groups in total. The Morgan fingerprint density at radius 1 is 1.33 bits per heavy atom. The van der Waals surface area contributed by atoms with Crippen LogP contribution in [0.5, 0.6) is 5.75 Å². The molecule has 1 aliphatic rings. The van der Waals surface area contributed by atoms with Crippen LogP contribution in [0.1, 0.15) is 64.5 Å². The van der Waals surface area contributed by atoms with Crippen molar-refractivity contribution in [2.24, 2.45) is 5.41 Å². The zero-order valence-corrected chi connectivity index (χ0v) is 14.5. The molecule has 0 radical (unpaired) electrons. The van der Waals surface area contributed by atoms with Gasteiger partial charge in [-0.2, -0.15) is 0 Å². The number of ether oxygens (including phenoxy) is 1. The molecule has 0 amide bonds. The SMILES string of the molecule is CCNC1C(Oc2cc(C(C)C)ccc2C)CCC1(C)C. The summed E-state index contributed by atoms with van der Waals surface area (Å²) in [5, 5.41) is 3.64. The number of aryl methyl sites for hydroxylation is 1. The van der Waals surface area contributed by atoms with Crippen LogP contribution in [0, 0.1) is 12.3 Å². The Bertz CT molecular complexity index is 478. The fraction of sp³-hybridized carbons (Fsp3) is 0.684. The molecular weight excluding hydrogens is 258 g/mol. The van der Waals surface area contributed by atoms with E-state index >= 15 is 0 Å². The van der Waals surface area contributed by atoms with Crippen molar-refractivity contribution >= 4 is 0 Å². The fourth-order valence-electron chi connectivity index (χ4n) is 3.36. The Kier molecular flexibility index (Phi) is 4.98. The van der Waals surface area contributed by atoms with Gasteiger partial charge in [0.05, 0.1) is 0 Å². The van der Waals surface area contributed by atoms with Crippen molar-refractivity contribution in [3.63, 3.8) is 0 Å². The van der Waals surface area contributed by atoms with Gasteiger partial charge in [-0.15, -0.1) is 0 Å². The van der Waals surface area contributed by atoms with E-state index in [1.807, 2.05) is 0 Å². The van der Waals surface area contributed by atoms with Gasteiger partial charge >= 0.3 is 0 Å². The summed E-state index contributed by atoms with van der Waals surface area (Å²) >= 11 is 0. The van der Waals surface area contributed by atoms with Crippen molar-refractivity contribution in [2.75, 3.05) is 6.54 Å². The lowest BCUT2D eigenvalue weighted by Crippen LogP contribution is -2.46. The van der Waals surface area contributed by atoms with Gasteiger partial charge in [0.2, 0.25) is 0 Å². The van der Waals surface area contributed by atoms with Gasteiger partial charge in [0.1, 0.15) is 11.9 Å². The Morgan fingerprint density at radius 3 is 2.67 bits per heavy atom. The topological polar surface area (TPSA) is 21.3 Å². The summed E-state index contributed by atoms with van der Waals surface area (Å²) in [7, 11) is 0. The van der Waals surface area contributed by atoms with E-state index in [1.165, 1.54) is 17.5 Å². The third-order valence-electron chi connectivity index (χ3n) is 4.87. The average molecular weight is 289 g/mol. The van der Waals surface area contributed by atoms with Gasteiger partial charge in [-0.25, -0.2) is 0 Å². The smallest absolute Gasteiger partial charge is 0.122 e. The van der Waals surface area contributed by atoms with Crippen LogP contribution in [-0.4, -0.2) is 18.7 Å². The Morgan fingerprint density at radius 2 is 2.05 bits per heavy atom. The average Bonchev–Trinajstić information content (AvgIpc) is 2.69. The molecule has 0 bridgehead atoms. The molecule has 118 valence electrons.